The van der Waals surface area contributed by atoms with E-state index in [0.717, 1.165) is 13.1 Å². The van der Waals surface area contributed by atoms with Crippen molar-refractivity contribution in [2.24, 2.45) is 11.8 Å². The second-order valence-electron chi connectivity index (χ2n) is 7.58. The number of aromatic nitrogens is 1. The number of ether oxygens (including phenoxy) is 2. The monoisotopic (exact) mass is 418 g/mol. The molecule has 1 aliphatic carbocycles. The summed E-state index contributed by atoms with van der Waals surface area (Å²) in [6.07, 6.45) is 0.439. The molecular formula is C21H23ClN2O5. The number of rotatable bonds is 5. The van der Waals surface area contributed by atoms with Gasteiger partial charge in [0.1, 0.15) is 11.9 Å². The number of carbonyl (C=O) groups is 1. The molecule has 1 saturated carbocycles. The molecule has 29 heavy (non-hydrogen) atoms. The SMILES string of the molecule is COc1ccccc1O[C@@H]1C[C@@H]2CN(c3ccc(Cl)c(C(=O)O)n3)C[C@@H]2C[C@H]1O. The van der Waals surface area contributed by atoms with E-state index in [9.17, 15) is 15.0 Å². The molecule has 154 valence electrons. The molecule has 1 saturated heterocycles. The lowest BCUT2D eigenvalue weighted by atomic mass is 9.78. The highest BCUT2D eigenvalue weighted by Gasteiger charge is 2.43. The molecule has 1 aromatic carbocycles. The quantitative estimate of drug-likeness (QED) is 0.770. The molecule has 0 spiro atoms. The number of hydrogen-bond acceptors (Lipinski definition) is 6. The topological polar surface area (TPSA) is 92.1 Å². The molecule has 1 aliphatic heterocycles. The van der Waals surface area contributed by atoms with Crippen LogP contribution < -0.4 is 14.4 Å². The number of benzene rings is 1. The molecule has 0 amide bonds. The van der Waals surface area contributed by atoms with Gasteiger partial charge in [-0.2, -0.15) is 0 Å². The number of pyridine rings is 1. The summed E-state index contributed by atoms with van der Waals surface area (Å²) in [4.78, 5) is 17.6. The molecule has 0 radical (unpaired) electrons. The maximum atomic E-state index is 11.3. The van der Waals surface area contributed by atoms with Crippen molar-refractivity contribution in [3.63, 3.8) is 0 Å². The molecule has 2 aromatic rings. The number of methoxy groups -OCH3 is 1. The molecule has 7 nitrogen and oxygen atoms in total. The van der Waals surface area contributed by atoms with Gasteiger partial charge < -0.3 is 24.6 Å². The number of carboxylic acid groups (broad SMARTS) is 1. The highest BCUT2D eigenvalue weighted by atomic mass is 35.5. The third-order valence-corrected chi connectivity index (χ3v) is 6.10. The van der Waals surface area contributed by atoms with Gasteiger partial charge in [-0.25, -0.2) is 9.78 Å². The first kappa shape index (κ1) is 19.8. The minimum atomic E-state index is -1.14. The van der Waals surface area contributed by atoms with Crippen molar-refractivity contribution in [1.29, 1.82) is 0 Å². The summed E-state index contributed by atoms with van der Waals surface area (Å²) in [6.45, 7) is 1.45. The first-order chi connectivity index (χ1) is 14.0. The van der Waals surface area contributed by atoms with Crippen molar-refractivity contribution in [2.45, 2.75) is 25.0 Å². The molecule has 0 unspecified atom stereocenters. The highest BCUT2D eigenvalue weighted by molar-refractivity contribution is 6.33. The van der Waals surface area contributed by atoms with Gasteiger partial charge in [-0.05, 0) is 48.9 Å². The maximum Gasteiger partial charge on any atom is 0.356 e. The summed E-state index contributed by atoms with van der Waals surface area (Å²) in [6, 6.07) is 10.7. The van der Waals surface area contributed by atoms with Crippen molar-refractivity contribution in [3.8, 4) is 11.5 Å². The van der Waals surface area contributed by atoms with Crippen molar-refractivity contribution >= 4 is 23.4 Å². The number of hydrogen-bond donors (Lipinski definition) is 2. The average Bonchev–Trinajstić information content (AvgIpc) is 3.11. The first-order valence-corrected chi connectivity index (χ1v) is 9.96. The van der Waals surface area contributed by atoms with Gasteiger partial charge in [0.15, 0.2) is 17.2 Å². The second-order valence-corrected chi connectivity index (χ2v) is 7.98. The number of para-hydroxylation sites is 2. The molecule has 0 bridgehead atoms. The summed E-state index contributed by atoms with van der Waals surface area (Å²) >= 11 is 5.94. The van der Waals surface area contributed by atoms with Gasteiger partial charge >= 0.3 is 5.97 Å². The molecule has 2 fully saturated rings. The Hall–Kier alpha value is -2.51. The zero-order chi connectivity index (χ0) is 20.5. The number of aromatic carboxylic acids is 1. The van der Waals surface area contributed by atoms with Crippen molar-refractivity contribution < 1.29 is 24.5 Å². The van der Waals surface area contributed by atoms with Crippen molar-refractivity contribution in [1.82, 2.24) is 4.98 Å². The number of nitrogens with zero attached hydrogens (tertiary/aromatic N) is 2. The molecular weight excluding hydrogens is 396 g/mol. The van der Waals surface area contributed by atoms with E-state index >= 15 is 0 Å². The van der Waals surface area contributed by atoms with E-state index in [1.807, 2.05) is 24.3 Å². The smallest absolute Gasteiger partial charge is 0.356 e. The van der Waals surface area contributed by atoms with Crippen LogP contribution in [0.4, 0.5) is 5.82 Å². The minimum absolute atomic E-state index is 0.124. The molecule has 8 heteroatoms. The van der Waals surface area contributed by atoms with E-state index in [4.69, 9.17) is 21.1 Å². The number of aliphatic hydroxyl groups excluding tert-OH is 1. The number of anilines is 1. The van der Waals surface area contributed by atoms with E-state index in [2.05, 4.69) is 9.88 Å². The standard InChI is InChI=1S/C21H23ClN2O5/c1-28-16-4-2-3-5-17(16)29-18-9-13-11-24(10-12(13)8-15(18)25)19-7-6-14(22)20(23-19)21(26)27/h2-7,12-13,15,18,25H,8-11H2,1H3,(H,26,27)/t12-,13+,15+,18+/m0/s1. The van der Waals surface area contributed by atoms with Gasteiger partial charge in [-0.1, -0.05) is 23.7 Å². The summed E-state index contributed by atoms with van der Waals surface area (Å²) < 4.78 is 11.4. The Morgan fingerprint density at radius 1 is 1.14 bits per heavy atom. The van der Waals surface area contributed by atoms with Crippen LogP contribution in [0, 0.1) is 11.8 Å². The van der Waals surface area contributed by atoms with Gasteiger partial charge in [0.2, 0.25) is 0 Å². The third-order valence-electron chi connectivity index (χ3n) is 5.79. The fraction of sp³-hybridized carbons (Fsp3) is 0.429. The van der Waals surface area contributed by atoms with Gasteiger partial charge in [-0.15, -0.1) is 0 Å². The van der Waals surface area contributed by atoms with E-state index in [1.165, 1.54) is 0 Å². The molecule has 1 aromatic heterocycles. The zero-order valence-corrected chi connectivity index (χ0v) is 16.7. The second kappa shape index (κ2) is 8.08. The lowest BCUT2D eigenvalue weighted by Gasteiger charge is -2.35. The zero-order valence-electron chi connectivity index (χ0n) is 16.0. The fourth-order valence-corrected chi connectivity index (χ4v) is 4.53. The Labute approximate surface area is 173 Å². The largest absolute Gasteiger partial charge is 0.493 e. The highest BCUT2D eigenvalue weighted by Crippen LogP contribution is 2.40. The maximum absolute atomic E-state index is 11.3. The Morgan fingerprint density at radius 2 is 1.83 bits per heavy atom. The van der Waals surface area contributed by atoms with Crippen LogP contribution in [0.25, 0.3) is 0 Å². The summed E-state index contributed by atoms with van der Waals surface area (Å²) in [5, 5.41) is 20.0. The third kappa shape index (κ3) is 3.97. The predicted molar refractivity (Wildman–Crippen MR) is 108 cm³/mol. The number of aliphatic hydroxyl groups is 1. The number of carboxylic acids is 1. The van der Waals surface area contributed by atoms with Crippen LogP contribution in [-0.2, 0) is 0 Å². The Bertz CT molecular complexity index is 908. The van der Waals surface area contributed by atoms with Crippen LogP contribution >= 0.6 is 11.6 Å². The van der Waals surface area contributed by atoms with Crippen LogP contribution in [0.2, 0.25) is 5.02 Å². The van der Waals surface area contributed by atoms with Crippen molar-refractivity contribution in [2.75, 3.05) is 25.1 Å². The first-order valence-electron chi connectivity index (χ1n) is 9.58. The van der Waals surface area contributed by atoms with Crippen LogP contribution in [0.3, 0.4) is 0 Å². The molecule has 2 N–H and O–H groups in total. The van der Waals surface area contributed by atoms with Gasteiger partial charge in [-0.3, -0.25) is 0 Å². The molecule has 4 rings (SSSR count). The normalized spacial score (nSPS) is 26.1. The average molecular weight is 419 g/mol. The Balaban J connectivity index is 1.48. The fourth-order valence-electron chi connectivity index (χ4n) is 4.34. The van der Waals surface area contributed by atoms with Crippen LogP contribution in [0.5, 0.6) is 11.5 Å². The van der Waals surface area contributed by atoms with Crippen LogP contribution in [0.15, 0.2) is 36.4 Å². The Morgan fingerprint density at radius 3 is 2.52 bits per heavy atom. The lowest BCUT2D eigenvalue weighted by Crippen LogP contribution is -2.42. The summed E-state index contributed by atoms with van der Waals surface area (Å²) in [5.74, 6) is 1.34. The van der Waals surface area contributed by atoms with E-state index < -0.39 is 12.1 Å². The van der Waals surface area contributed by atoms with Gasteiger partial charge in [0.05, 0.1) is 18.2 Å². The predicted octanol–water partition coefficient (Wildman–Crippen LogP) is 3.10. The number of fused-ring (bicyclic) bond motifs is 1. The molecule has 2 heterocycles. The van der Waals surface area contributed by atoms with E-state index in [1.54, 1.807) is 19.2 Å². The van der Waals surface area contributed by atoms with E-state index in [0.29, 0.717) is 42.0 Å². The van der Waals surface area contributed by atoms with Gasteiger partial charge in [0, 0.05) is 13.1 Å². The Kier molecular flexibility index (Phi) is 5.52. The summed E-state index contributed by atoms with van der Waals surface area (Å²) in [7, 11) is 1.59. The van der Waals surface area contributed by atoms with Crippen LogP contribution in [0.1, 0.15) is 23.3 Å². The van der Waals surface area contributed by atoms with Crippen molar-refractivity contribution in [3.05, 3.63) is 47.1 Å². The lowest BCUT2D eigenvalue weighted by molar-refractivity contribution is -0.0240. The number of halogens is 1. The van der Waals surface area contributed by atoms with Gasteiger partial charge in [0.25, 0.3) is 0 Å². The van der Waals surface area contributed by atoms with E-state index in [-0.39, 0.29) is 16.8 Å². The van der Waals surface area contributed by atoms with Crippen LogP contribution in [-0.4, -0.2) is 53.6 Å². The minimum Gasteiger partial charge on any atom is -0.493 e. The molecule has 2 aliphatic rings. The summed E-state index contributed by atoms with van der Waals surface area (Å²) in [5.41, 5.74) is -0.142. The molecule has 4 atom stereocenters.